The van der Waals surface area contributed by atoms with Crippen LogP contribution in [-0.4, -0.2) is 30.4 Å². The highest BCUT2D eigenvalue weighted by Crippen LogP contribution is 2.20. The molecule has 0 saturated heterocycles. The van der Waals surface area contributed by atoms with Gasteiger partial charge in [-0.05, 0) is 44.5 Å². The average Bonchev–Trinajstić information content (AvgIpc) is 2.25. The Morgan fingerprint density at radius 2 is 1.76 bits per heavy atom. The van der Waals surface area contributed by atoms with Crippen molar-refractivity contribution >= 4 is 10.0 Å². The van der Waals surface area contributed by atoms with Gasteiger partial charge in [-0.3, -0.25) is 0 Å². The molecule has 0 spiro atoms. The molecule has 1 rings (SSSR count). The van der Waals surface area contributed by atoms with Gasteiger partial charge in [0.15, 0.2) is 0 Å². The summed E-state index contributed by atoms with van der Waals surface area (Å²) in [6.45, 7) is 6.16. The van der Waals surface area contributed by atoms with Gasteiger partial charge in [0.05, 0.1) is 4.90 Å². The minimum Gasteiger partial charge on any atom is -0.508 e. The van der Waals surface area contributed by atoms with Crippen molar-refractivity contribution in [1.82, 2.24) is 4.31 Å². The molecule has 17 heavy (non-hydrogen) atoms. The van der Waals surface area contributed by atoms with Crippen LogP contribution in [0.15, 0.2) is 29.2 Å². The predicted octanol–water partition coefficient (Wildman–Crippen LogP) is 2.20. The SMILES string of the molecule is CCCN(C(C)C)S(=O)(=O)c1ccc(O)cc1. The van der Waals surface area contributed by atoms with Gasteiger partial charge in [-0.15, -0.1) is 0 Å². The van der Waals surface area contributed by atoms with Crippen LogP contribution < -0.4 is 0 Å². The second kappa shape index (κ2) is 5.51. The molecule has 0 fully saturated rings. The maximum atomic E-state index is 12.3. The number of hydrogen-bond acceptors (Lipinski definition) is 3. The fraction of sp³-hybridized carbons (Fsp3) is 0.500. The van der Waals surface area contributed by atoms with Crippen LogP contribution in [-0.2, 0) is 10.0 Å². The van der Waals surface area contributed by atoms with Crippen LogP contribution in [0.5, 0.6) is 5.75 Å². The normalized spacial score (nSPS) is 12.3. The molecular formula is C12H19NO3S. The fourth-order valence-corrected chi connectivity index (χ4v) is 3.36. The monoisotopic (exact) mass is 257 g/mol. The number of aromatic hydroxyl groups is 1. The van der Waals surface area contributed by atoms with Crippen LogP contribution >= 0.6 is 0 Å². The van der Waals surface area contributed by atoms with Gasteiger partial charge in [0, 0.05) is 12.6 Å². The van der Waals surface area contributed by atoms with E-state index in [-0.39, 0.29) is 16.7 Å². The third-order valence-electron chi connectivity index (χ3n) is 2.46. The van der Waals surface area contributed by atoms with Crippen LogP contribution in [0, 0.1) is 0 Å². The molecule has 5 heteroatoms. The molecule has 0 bridgehead atoms. The van der Waals surface area contributed by atoms with E-state index < -0.39 is 10.0 Å². The quantitative estimate of drug-likeness (QED) is 0.879. The van der Waals surface area contributed by atoms with Crippen molar-refractivity contribution in [3.05, 3.63) is 24.3 Å². The summed E-state index contributed by atoms with van der Waals surface area (Å²) in [5.74, 6) is 0.0653. The molecular weight excluding hydrogens is 238 g/mol. The van der Waals surface area contributed by atoms with Gasteiger partial charge in [-0.25, -0.2) is 8.42 Å². The third kappa shape index (κ3) is 3.20. The first-order valence-electron chi connectivity index (χ1n) is 5.70. The van der Waals surface area contributed by atoms with Crippen molar-refractivity contribution in [3.8, 4) is 5.75 Å². The summed E-state index contributed by atoms with van der Waals surface area (Å²) in [6.07, 6.45) is 0.773. The van der Waals surface area contributed by atoms with Gasteiger partial charge in [0.2, 0.25) is 10.0 Å². The first-order valence-corrected chi connectivity index (χ1v) is 7.14. The highest BCUT2D eigenvalue weighted by molar-refractivity contribution is 7.89. The Kier molecular flexibility index (Phi) is 4.54. The number of phenols is 1. The zero-order chi connectivity index (χ0) is 13.1. The number of nitrogens with zero attached hydrogens (tertiary/aromatic N) is 1. The highest BCUT2D eigenvalue weighted by atomic mass is 32.2. The Morgan fingerprint density at radius 1 is 1.24 bits per heavy atom. The molecule has 1 aromatic rings. The maximum absolute atomic E-state index is 12.3. The van der Waals surface area contributed by atoms with E-state index in [0.29, 0.717) is 6.54 Å². The van der Waals surface area contributed by atoms with E-state index in [0.717, 1.165) is 6.42 Å². The summed E-state index contributed by atoms with van der Waals surface area (Å²) in [7, 11) is -3.46. The van der Waals surface area contributed by atoms with E-state index in [2.05, 4.69) is 0 Å². The highest BCUT2D eigenvalue weighted by Gasteiger charge is 2.25. The second-order valence-electron chi connectivity index (χ2n) is 4.20. The standard InChI is InChI=1S/C12H19NO3S/c1-4-9-13(10(2)3)17(15,16)12-7-5-11(14)6-8-12/h5-8,10,14H,4,9H2,1-3H3. The topological polar surface area (TPSA) is 57.6 Å². The molecule has 0 saturated carbocycles. The molecule has 0 aromatic heterocycles. The molecule has 0 aliphatic heterocycles. The first kappa shape index (κ1) is 14.0. The fourth-order valence-electron chi connectivity index (χ4n) is 1.63. The first-order chi connectivity index (χ1) is 7.89. The summed E-state index contributed by atoms with van der Waals surface area (Å²) in [6, 6.07) is 5.55. The molecule has 96 valence electrons. The van der Waals surface area contributed by atoms with Gasteiger partial charge in [0.1, 0.15) is 5.75 Å². The number of sulfonamides is 1. The van der Waals surface area contributed by atoms with Crippen LogP contribution in [0.2, 0.25) is 0 Å². The van der Waals surface area contributed by atoms with E-state index in [1.54, 1.807) is 0 Å². The number of rotatable bonds is 5. The second-order valence-corrected chi connectivity index (χ2v) is 6.09. The van der Waals surface area contributed by atoms with Crippen LogP contribution in [0.25, 0.3) is 0 Å². The van der Waals surface area contributed by atoms with Gasteiger partial charge in [-0.1, -0.05) is 6.92 Å². The Balaban J connectivity index is 3.12. The smallest absolute Gasteiger partial charge is 0.243 e. The molecule has 0 unspecified atom stereocenters. The molecule has 0 atom stereocenters. The molecule has 0 radical (unpaired) electrons. The zero-order valence-electron chi connectivity index (χ0n) is 10.4. The summed E-state index contributed by atoms with van der Waals surface area (Å²) in [5, 5.41) is 9.17. The van der Waals surface area contributed by atoms with Crippen LogP contribution in [0.3, 0.4) is 0 Å². The Bertz CT molecular complexity index is 451. The lowest BCUT2D eigenvalue weighted by Gasteiger charge is -2.25. The van der Waals surface area contributed by atoms with Crippen molar-refractivity contribution in [2.45, 2.75) is 38.1 Å². The lowest BCUT2D eigenvalue weighted by atomic mass is 10.3. The van der Waals surface area contributed by atoms with Crippen molar-refractivity contribution < 1.29 is 13.5 Å². The minimum atomic E-state index is -3.46. The van der Waals surface area contributed by atoms with Crippen LogP contribution in [0.4, 0.5) is 0 Å². The molecule has 0 amide bonds. The lowest BCUT2D eigenvalue weighted by Crippen LogP contribution is -2.37. The Hall–Kier alpha value is -1.07. The van der Waals surface area contributed by atoms with Crippen molar-refractivity contribution in [3.63, 3.8) is 0 Å². The maximum Gasteiger partial charge on any atom is 0.243 e. The minimum absolute atomic E-state index is 0.0653. The largest absolute Gasteiger partial charge is 0.508 e. The van der Waals surface area contributed by atoms with Gasteiger partial charge in [-0.2, -0.15) is 4.31 Å². The van der Waals surface area contributed by atoms with Gasteiger partial charge in [0.25, 0.3) is 0 Å². The lowest BCUT2D eigenvalue weighted by molar-refractivity contribution is 0.354. The summed E-state index contributed by atoms with van der Waals surface area (Å²) in [4.78, 5) is 0.220. The average molecular weight is 257 g/mol. The van der Waals surface area contributed by atoms with E-state index in [1.165, 1.54) is 28.6 Å². The predicted molar refractivity (Wildman–Crippen MR) is 67.4 cm³/mol. The van der Waals surface area contributed by atoms with E-state index in [4.69, 9.17) is 5.11 Å². The third-order valence-corrected chi connectivity index (χ3v) is 4.55. The summed E-state index contributed by atoms with van der Waals surface area (Å²) in [5.41, 5.74) is 0. The van der Waals surface area contributed by atoms with E-state index in [9.17, 15) is 8.42 Å². The molecule has 0 aliphatic carbocycles. The summed E-state index contributed by atoms with van der Waals surface area (Å²) < 4.78 is 26.1. The van der Waals surface area contributed by atoms with E-state index in [1.807, 2.05) is 20.8 Å². The molecule has 0 aliphatic rings. The molecule has 1 aromatic carbocycles. The summed E-state index contributed by atoms with van der Waals surface area (Å²) >= 11 is 0. The van der Waals surface area contributed by atoms with Crippen molar-refractivity contribution in [1.29, 1.82) is 0 Å². The number of phenolic OH excluding ortho intramolecular Hbond substituents is 1. The van der Waals surface area contributed by atoms with E-state index >= 15 is 0 Å². The number of hydrogen-bond donors (Lipinski definition) is 1. The van der Waals surface area contributed by atoms with Crippen molar-refractivity contribution in [2.24, 2.45) is 0 Å². The Morgan fingerprint density at radius 3 is 2.18 bits per heavy atom. The molecule has 4 nitrogen and oxygen atoms in total. The Labute approximate surface area is 103 Å². The zero-order valence-corrected chi connectivity index (χ0v) is 11.2. The van der Waals surface area contributed by atoms with Crippen LogP contribution in [0.1, 0.15) is 27.2 Å². The van der Waals surface area contributed by atoms with Gasteiger partial charge >= 0.3 is 0 Å². The molecule has 1 N–H and O–H groups in total. The molecule has 0 heterocycles. The van der Waals surface area contributed by atoms with Crippen molar-refractivity contribution in [2.75, 3.05) is 6.54 Å². The van der Waals surface area contributed by atoms with Gasteiger partial charge < -0.3 is 5.11 Å². The number of benzene rings is 1.